The number of halogens is 1. The molecule has 0 spiro atoms. The van der Waals surface area contributed by atoms with E-state index in [4.69, 9.17) is 5.11 Å². The third-order valence-electron chi connectivity index (χ3n) is 2.03. The van der Waals surface area contributed by atoms with E-state index in [0.717, 1.165) is 10.0 Å². The van der Waals surface area contributed by atoms with Crippen LogP contribution in [0.3, 0.4) is 0 Å². The summed E-state index contributed by atoms with van der Waals surface area (Å²) >= 11 is 3.32. The molecule has 1 N–H and O–H groups in total. The van der Waals surface area contributed by atoms with Crippen molar-refractivity contribution in [3.05, 3.63) is 34.3 Å². The monoisotopic (exact) mass is 266 g/mol. The van der Waals surface area contributed by atoms with Crippen LogP contribution in [0.1, 0.15) is 24.8 Å². The number of hydrogen-bond acceptors (Lipinski definition) is 1. The van der Waals surface area contributed by atoms with E-state index in [-0.39, 0.29) is 0 Å². The molecule has 1 rings (SSSR count). The van der Waals surface area contributed by atoms with Gasteiger partial charge >= 0.3 is 5.97 Å². The summed E-state index contributed by atoms with van der Waals surface area (Å²) in [7, 11) is 0. The number of benzene rings is 1. The molecule has 0 aliphatic rings. The molecule has 3 heteroatoms. The van der Waals surface area contributed by atoms with Gasteiger partial charge in [0.2, 0.25) is 0 Å². The maximum atomic E-state index is 11.0. The Kier molecular flexibility index (Phi) is 4.38. The second-order valence-corrected chi connectivity index (χ2v) is 3.99. The van der Waals surface area contributed by atoms with Gasteiger partial charge < -0.3 is 5.11 Å². The molecule has 0 radical (unpaired) electrons. The highest BCUT2D eigenvalue weighted by molar-refractivity contribution is 9.10. The number of aliphatic carboxylic acids is 1. The van der Waals surface area contributed by atoms with Crippen molar-refractivity contribution in [2.45, 2.75) is 19.3 Å². The molecule has 0 bridgehead atoms. The summed E-state index contributed by atoms with van der Waals surface area (Å²) in [5.41, 5.74) is 0.777. The standard InChI is InChI=1S/C12H11BrO2/c1-2-3-7-11(12(14)15)9-5-4-6-10(13)8-9/h4-6,8,11H,7H2,1H3,(H,14,15). The van der Waals surface area contributed by atoms with Gasteiger partial charge in [0.1, 0.15) is 0 Å². The van der Waals surface area contributed by atoms with Gasteiger partial charge in [0.05, 0.1) is 5.92 Å². The third kappa shape index (κ3) is 3.41. The Morgan fingerprint density at radius 3 is 2.87 bits per heavy atom. The maximum absolute atomic E-state index is 11.0. The molecule has 0 amide bonds. The van der Waals surface area contributed by atoms with E-state index in [1.807, 2.05) is 18.2 Å². The van der Waals surface area contributed by atoms with Crippen LogP contribution in [-0.2, 0) is 4.79 Å². The first kappa shape index (κ1) is 11.8. The molecule has 1 aromatic rings. The Labute approximate surface area is 97.4 Å². The molecule has 0 aliphatic heterocycles. The van der Waals surface area contributed by atoms with E-state index in [9.17, 15) is 4.79 Å². The summed E-state index contributed by atoms with van der Waals surface area (Å²) in [6, 6.07) is 7.32. The second-order valence-electron chi connectivity index (χ2n) is 3.08. The molecule has 1 atom stereocenters. The molecule has 0 fully saturated rings. The lowest BCUT2D eigenvalue weighted by molar-refractivity contribution is -0.138. The number of hydrogen-bond donors (Lipinski definition) is 1. The summed E-state index contributed by atoms with van der Waals surface area (Å²) in [5.74, 6) is 4.13. The van der Waals surface area contributed by atoms with Gasteiger partial charge in [0.15, 0.2) is 0 Å². The second kappa shape index (κ2) is 5.57. The molecule has 0 heterocycles. The topological polar surface area (TPSA) is 37.3 Å². The molecule has 2 nitrogen and oxygen atoms in total. The van der Waals surface area contributed by atoms with Crippen LogP contribution in [0, 0.1) is 11.8 Å². The van der Waals surface area contributed by atoms with Crippen LogP contribution in [-0.4, -0.2) is 11.1 Å². The molecule has 1 aromatic carbocycles. The normalized spacial score (nSPS) is 11.3. The Morgan fingerprint density at radius 2 is 2.33 bits per heavy atom. The molecule has 0 aliphatic carbocycles. The maximum Gasteiger partial charge on any atom is 0.311 e. The summed E-state index contributed by atoms with van der Waals surface area (Å²) in [6.45, 7) is 1.71. The Balaban J connectivity index is 2.97. The fourth-order valence-corrected chi connectivity index (χ4v) is 1.69. The minimum Gasteiger partial charge on any atom is -0.481 e. The van der Waals surface area contributed by atoms with Gasteiger partial charge in [-0.2, -0.15) is 0 Å². The largest absolute Gasteiger partial charge is 0.481 e. The summed E-state index contributed by atoms with van der Waals surface area (Å²) in [5, 5.41) is 9.06. The van der Waals surface area contributed by atoms with Crippen molar-refractivity contribution >= 4 is 21.9 Å². The van der Waals surface area contributed by atoms with Gasteiger partial charge in [0.25, 0.3) is 0 Å². The molecule has 1 unspecified atom stereocenters. The average molecular weight is 267 g/mol. The van der Waals surface area contributed by atoms with E-state index >= 15 is 0 Å². The van der Waals surface area contributed by atoms with E-state index < -0.39 is 11.9 Å². The van der Waals surface area contributed by atoms with Gasteiger partial charge in [-0.05, 0) is 24.6 Å². The lowest BCUT2D eigenvalue weighted by Crippen LogP contribution is -2.10. The highest BCUT2D eigenvalue weighted by atomic mass is 79.9. The molecular formula is C12H11BrO2. The van der Waals surface area contributed by atoms with Crippen LogP contribution in [0.15, 0.2) is 28.7 Å². The van der Waals surface area contributed by atoms with Crippen molar-refractivity contribution in [2.24, 2.45) is 0 Å². The van der Waals surface area contributed by atoms with Gasteiger partial charge in [0, 0.05) is 10.9 Å². The predicted octanol–water partition coefficient (Wildman–Crippen LogP) is 3.03. The average Bonchev–Trinajstić information content (AvgIpc) is 2.18. The first-order valence-corrected chi connectivity index (χ1v) is 5.32. The van der Waals surface area contributed by atoms with Crippen molar-refractivity contribution in [2.75, 3.05) is 0 Å². The van der Waals surface area contributed by atoms with Crippen LogP contribution >= 0.6 is 15.9 Å². The van der Waals surface area contributed by atoms with Crippen LogP contribution in [0.25, 0.3) is 0 Å². The van der Waals surface area contributed by atoms with Crippen molar-refractivity contribution < 1.29 is 9.90 Å². The van der Waals surface area contributed by atoms with E-state index in [0.29, 0.717) is 6.42 Å². The van der Waals surface area contributed by atoms with Crippen molar-refractivity contribution in [3.8, 4) is 11.8 Å². The summed E-state index contributed by atoms with van der Waals surface area (Å²) < 4.78 is 0.885. The van der Waals surface area contributed by atoms with Crippen LogP contribution < -0.4 is 0 Å². The minimum absolute atomic E-state index is 0.349. The SMILES string of the molecule is CC#CCC(C(=O)O)c1cccc(Br)c1. The number of carboxylic acid groups (broad SMARTS) is 1. The zero-order chi connectivity index (χ0) is 11.3. The van der Waals surface area contributed by atoms with E-state index in [1.165, 1.54) is 0 Å². The predicted molar refractivity (Wildman–Crippen MR) is 62.6 cm³/mol. The van der Waals surface area contributed by atoms with Crippen molar-refractivity contribution in [3.63, 3.8) is 0 Å². The Morgan fingerprint density at radius 1 is 1.60 bits per heavy atom. The van der Waals surface area contributed by atoms with Gasteiger partial charge in [-0.15, -0.1) is 11.8 Å². The Hall–Kier alpha value is -1.27. The smallest absolute Gasteiger partial charge is 0.311 e. The molecular weight excluding hydrogens is 256 g/mol. The third-order valence-corrected chi connectivity index (χ3v) is 2.53. The van der Waals surface area contributed by atoms with Crippen molar-refractivity contribution in [1.82, 2.24) is 0 Å². The highest BCUT2D eigenvalue weighted by Crippen LogP contribution is 2.22. The molecule has 0 saturated carbocycles. The summed E-state index contributed by atoms with van der Waals surface area (Å²) in [6.07, 6.45) is 0.349. The molecule has 0 aromatic heterocycles. The highest BCUT2D eigenvalue weighted by Gasteiger charge is 2.18. The van der Waals surface area contributed by atoms with Crippen LogP contribution in [0.5, 0.6) is 0 Å². The fourth-order valence-electron chi connectivity index (χ4n) is 1.28. The number of carboxylic acids is 1. The van der Waals surface area contributed by atoms with Gasteiger partial charge in [-0.3, -0.25) is 4.79 Å². The van der Waals surface area contributed by atoms with Crippen LogP contribution in [0.4, 0.5) is 0 Å². The van der Waals surface area contributed by atoms with Gasteiger partial charge in [-0.1, -0.05) is 28.1 Å². The lowest BCUT2D eigenvalue weighted by Gasteiger charge is -2.09. The van der Waals surface area contributed by atoms with Crippen LogP contribution in [0.2, 0.25) is 0 Å². The van der Waals surface area contributed by atoms with Crippen molar-refractivity contribution in [1.29, 1.82) is 0 Å². The van der Waals surface area contributed by atoms with E-state index in [1.54, 1.807) is 13.0 Å². The van der Waals surface area contributed by atoms with E-state index in [2.05, 4.69) is 27.8 Å². The minimum atomic E-state index is -0.837. The zero-order valence-corrected chi connectivity index (χ0v) is 9.91. The quantitative estimate of drug-likeness (QED) is 0.855. The number of rotatable bonds is 3. The lowest BCUT2D eigenvalue weighted by atomic mass is 9.96. The first-order chi connectivity index (χ1) is 7.15. The molecule has 0 saturated heterocycles. The molecule has 78 valence electrons. The van der Waals surface area contributed by atoms with Gasteiger partial charge in [-0.25, -0.2) is 0 Å². The fraction of sp³-hybridized carbons (Fsp3) is 0.250. The first-order valence-electron chi connectivity index (χ1n) is 4.53. The number of carbonyl (C=O) groups is 1. The zero-order valence-electron chi connectivity index (χ0n) is 8.33. The molecule has 15 heavy (non-hydrogen) atoms. The Bertz CT molecular complexity index is 415. The summed E-state index contributed by atoms with van der Waals surface area (Å²) in [4.78, 5) is 11.0.